The van der Waals surface area contributed by atoms with E-state index in [0.29, 0.717) is 0 Å². The molecular formula is C68H42N2S. The van der Waals surface area contributed by atoms with Gasteiger partial charge in [0, 0.05) is 15.5 Å². The van der Waals surface area contributed by atoms with Crippen LogP contribution in [0.15, 0.2) is 255 Å². The van der Waals surface area contributed by atoms with Crippen LogP contribution >= 0.6 is 11.3 Å². The predicted octanol–water partition coefficient (Wildman–Crippen LogP) is 18.2. The van der Waals surface area contributed by atoms with Crippen LogP contribution in [0.4, 0.5) is 0 Å². The Morgan fingerprint density at radius 1 is 0.366 bits per heavy atom. The molecule has 3 heteroatoms. The van der Waals surface area contributed by atoms with E-state index in [2.05, 4.69) is 259 Å². The van der Waals surface area contributed by atoms with Gasteiger partial charge in [-0.2, -0.15) is 0 Å². The number of thiophene rings is 1. The second-order valence-corrected chi connectivity index (χ2v) is 20.0. The lowest BCUT2D eigenvalue weighted by molar-refractivity contribution is 0.768. The van der Waals surface area contributed by atoms with E-state index in [4.69, 9.17) is 4.98 Å². The molecule has 71 heavy (non-hydrogen) atoms. The van der Waals surface area contributed by atoms with Crippen molar-refractivity contribution in [3.05, 3.63) is 277 Å². The fraction of sp³-hybridized carbons (Fsp3) is 0.0147. The lowest BCUT2D eigenvalue weighted by Gasteiger charge is -2.34. The summed E-state index contributed by atoms with van der Waals surface area (Å²) in [5, 5.41) is 7.52. The summed E-state index contributed by atoms with van der Waals surface area (Å²) in [6.45, 7) is 0. The van der Waals surface area contributed by atoms with Crippen LogP contribution in [0.25, 0.3) is 114 Å². The van der Waals surface area contributed by atoms with Gasteiger partial charge in [0.15, 0.2) is 5.65 Å². The number of rotatable bonds is 6. The highest BCUT2D eigenvalue weighted by atomic mass is 32.1. The average molecular weight is 919 g/mol. The number of aromatic nitrogens is 2. The molecule has 0 saturated carbocycles. The van der Waals surface area contributed by atoms with Crippen molar-refractivity contribution in [3.8, 4) is 55.8 Å². The van der Waals surface area contributed by atoms with Crippen molar-refractivity contribution in [2.45, 2.75) is 5.41 Å². The Bertz CT molecular complexity index is 4390. The van der Waals surface area contributed by atoms with E-state index in [1.54, 1.807) is 0 Å². The first-order valence-electron chi connectivity index (χ1n) is 24.4. The number of imidazole rings is 1. The monoisotopic (exact) mass is 918 g/mol. The van der Waals surface area contributed by atoms with Crippen molar-refractivity contribution in [2.24, 2.45) is 0 Å². The van der Waals surface area contributed by atoms with Crippen LogP contribution in [0.2, 0.25) is 0 Å². The molecule has 0 atom stereocenters. The van der Waals surface area contributed by atoms with Crippen LogP contribution in [0.5, 0.6) is 0 Å². The Balaban J connectivity index is 0.815. The number of para-hydroxylation sites is 2. The molecule has 1 aliphatic rings. The molecule has 330 valence electrons. The fourth-order valence-corrected chi connectivity index (χ4v) is 13.3. The molecule has 0 saturated heterocycles. The molecule has 0 aliphatic heterocycles. The number of hydrogen-bond acceptors (Lipinski definition) is 2. The Morgan fingerprint density at radius 3 is 1.59 bits per heavy atom. The summed E-state index contributed by atoms with van der Waals surface area (Å²) in [5.74, 6) is 0. The van der Waals surface area contributed by atoms with Gasteiger partial charge in [0.2, 0.25) is 0 Å². The molecule has 0 bridgehead atoms. The molecule has 0 unspecified atom stereocenters. The summed E-state index contributed by atoms with van der Waals surface area (Å²) in [5.41, 5.74) is 20.1. The summed E-state index contributed by atoms with van der Waals surface area (Å²) in [4.78, 5) is 5.27. The summed E-state index contributed by atoms with van der Waals surface area (Å²) < 4.78 is 4.87. The quantitative estimate of drug-likeness (QED) is 0.162. The highest BCUT2D eigenvalue weighted by Gasteiger charge is 2.46. The van der Waals surface area contributed by atoms with E-state index in [-0.39, 0.29) is 0 Å². The Kier molecular flexibility index (Phi) is 8.78. The maximum absolute atomic E-state index is 5.27. The van der Waals surface area contributed by atoms with Crippen LogP contribution in [0, 0.1) is 0 Å². The molecule has 15 rings (SSSR count). The third-order valence-corrected chi connectivity index (χ3v) is 16.4. The van der Waals surface area contributed by atoms with Gasteiger partial charge in [-0.15, -0.1) is 11.3 Å². The topological polar surface area (TPSA) is 17.3 Å². The van der Waals surface area contributed by atoms with E-state index in [1.165, 1.54) is 108 Å². The first-order valence-corrected chi connectivity index (χ1v) is 25.3. The summed E-state index contributed by atoms with van der Waals surface area (Å²) >= 11 is 1.84. The summed E-state index contributed by atoms with van der Waals surface area (Å²) in [7, 11) is 0. The number of nitrogens with zero attached hydrogens (tertiary/aromatic N) is 2. The van der Waals surface area contributed by atoms with Crippen LogP contribution in [-0.2, 0) is 5.41 Å². The van der Waals surface area contributed by atoms with Gasteiger partial charge in [-0.25, -0.2) is 4.98 Å². The van der Waals surface area contributed by atoms with Gasteiger partial charge in [0.05, 0.1) is 26.8 Å². The number of pyridine rings is 1. The SMILES string of the molecule is c1ccc(C2(c3ccccc3)c3ccccc3-c3c(-c4ccc(-c5ccc(-c6ccc(-c7cc8c9cc%10ccccc%10cc9sc8c8nc9ccccc9n78)cc6)c6ccccc56)cc4)cccc32)cc1. The zero-order chi connectivity index (χ0) is 46.6. The van der Waals surface area contributed by atoms with E-state index in [1.807, 2.05) is 11.3 Å². The highest BCUT2D eigenvalue weighted by molar-refractivity contribution is 7.26. The van der Waals surface area contributed by atoms with Crippen molar-refractivity contribution in [1.82, 2.24) is 9.38 Å². The lowest BCUT2D eigenvalue weighted by Crippen LogP contribution is -2.28. The molecule has 0 spiro atoms. The normalized spacial score (nSPS) is 12.9. The van der Waals surface area contributed by atoms with E-state index >= 15 is 0 Å². The van der Waals surface area contributed by atoms with Gasteiger partial charge in [-0.3, -0.25) is 4.40 Å². The molecule has 0 N–H and O–H groups in total. The van der Waals surface area contributed by atoms with E-state index in [9.17, 15) is 0 Å². The standard InChI is InChI=1S/C68H42N2S/c1-3-18-49(19-4-1)68(50-20-5-2-6-21-50)59-26-12-11-24-56(59)65-53(25-15-27-60(65)68)45-32-30-43(31-33-45)51-38-39-52(55-23-10-9-22-54(51)55)44-34-36-46(37-35-44)63-42-58-57-40-47-16-7-8-17-48(47)41-64(57)71-66(58)67-69-61-28-13-14-29-62(61)70(63)67/h1-42H. The first kappa shape index (κ1) is 40.0. The minimum atomic E-state index is -0.434. The van der Waals surface area contributed by atoms with Crippen LogP contribution < -0.4 is 0 Å². The summed E-state index contributed by atoms with van der Waals surface area (Å²) in [6, 6.07) is 94.2. The summed E-state index contributed by atoms with van der Waals surface area (Å²) in [6.07, 6.45) is 0. The minimum Gasteiger partial charge on any atom is -0.291 e. The zero-order valence-electron chi connectivity index (χ0n) is 38.6. The van der Waals surface area contributed by atoms with Crippen molar-refractivity contribution < 1.29 is 0 Å². The molecule has 11 aromatic carbocycles. The van der Waals surface area contributed by atoms with Crippen LogP contribution in [-0.4, -0.2) is 9.38 Å². The van der Waals surface area contributed by atoms with Gasteiger partial charge in [-0.1, -0.05) is 224 Å². The van der Waals surface area contributed by atoms with Crippen molar-refractivity contribution >= 4 is 69.7 Å². The van der Waals surface area contributed by atoms with Crippen molar-refractivity contribution in [3.63, 3.8) is 0 Å². The van der Waals surface area contributed by atoms with E-state index < -0.39 is 5.41 Å². The first-order chi connectivity index (χ1) is 35.2. The largest absolute Gasteiger partial charge is 0.291 e. The predicted molar refractivity (Wildman–Crippen MR) is 300 cm³/mol. The van der Waals surface area contributed by atoms with Crippen LogP contribution in [0.3, 0.4) is 0 Å². The van der Waals surface area contributed by atoms with Gasteiger partial charge in [0.25, 0.3) is 0 Å². The maximum Gasteiger partial charge on any atom is 0.156 e. The zero-order valence-corrected chi connectivity index (χ0v) is 39.4. The second kappa shape index (κ2) is 15.6. The third-order valence-electron chi connectivity index (χ3n) is 15.3. The number of benzene rings is 11. The third kappa shape index (κ3) is 5.91. The molecule has 2 nitrogen and oxygen atoms in total. The molecule has 3 aromatic heterocycles. The molecule has 1 aliphatic carbocycles. The minimum absolute atomic E-state index is 0.434. The molecule has 0 amide bonds. The number of hydrogen-bond donors (Lipinski definition) is 0. The fourth-order valence-electron chi connectivity index (χ4n) is 12.1. The van der Waals surface area contributed by atoms with Crippen LogP contribution in [0.1, 0.15) is 22.3 Å². The molecule has 3 heterocycles. The van der Waals surface area contributed by atoms with Gasteiger partial charge in [0.1, 0.15) is 0 Å². The van der Waals surface area contributed by atoms with Crippen molar-refractivity contribution in [2.75, 3.05) is 0 Å². The molecule has 14 aromatic rings. The molecule has 0 radical (unpaired) electrons. The second-order valence-electron chi connectivity index (χ2n) is 18.9. The average Bonchev–Trinajstić information content (AvgIpc) is 4.11. The van der Waals surface area contributed by atoms with Crippen molar-refractivity contribution in [1.29, 1.82) is 0 Å². The van der Waals surface area contributed by atoms with Gasteiger partial charge >= 0.3 is 0 Å². The Hall–Kier alpha value is -8.89. The van der Waals surface area contributed by atoms with E-state index in [0.717, 1.165) is 27.9 Å². The number of fused-ring (bicyclic) bond motifs is 12. The van der Waals surface area contributed by atoms with Gasteiger partial charge < -0.3 is 0 Å². The maximum atomic E-state index is 5.27. The lowest BCUT2D eigenvalue weighted by atomic mass is 9.67. The smallest absolute Gasteiger partial charge is 0.156 e. The Labute approximate surface area is 415 Å². The van der Waals surface area contributed by atoms with Gasteiger partial charge in [-0.05, 0) is 124 Å². The Morgan fingerprint density at radius 2 is 0.901 bits per heavy atom. The highest BCUT2D eigenvalue weighted by Crippen LogP contribution is 2.58. The molecular weight excluding hydrogens is 877 g/mol. The molecule has 0 fully saturated rings.